The van der Waals surface area contributed by atoms with E-state index in [1.54, 1.807) is 24.1 Å². The van der Waals surface area contributed by atoms with E-state index in [9.17, 15) is 4.79 Å². The van der Waals surface area contributed by atoms with E-state index in [1.165, 1.54) is 12.8 Å². The van der Waals surface area contributed by atoms with Crippen LogP contribution in [0.5, 0.6) is 5.75 Å². The molecule has 0 unspecified atom stereocenters. The number of nitriles is 1. The quantitative estimate of drug-likeness (QED) is 0.835. The number of carbonyl (C=O) groups excluding carboxylic acids is 1. The van der Waals surface area contributed by atoms with Gasteiger partial charge in [0.15, 0.2) is 0 Å². The van der Waals surface area contributed by atoms with Gasteiger partial charge in [-0.1, -0.05) is 24.3 Å². The minimum absolute atomic E-state index is 0.134. The topological polar surface area (TPSA) is 65.4 Å². The SMILES string of the molecule is CN(Cc1ccc(C#N)cc1)C(=O)NCc1ccc(OC2CCCC2)cc1. The third kappa shape index (κ3) is 5.49. The van der Waals surface area contributed by atoms with E-state index in [-0.39, 0.29) is 6.03 Å². The Balaban J connectivity index is 1.45. The molecule has 0 spiro atoms. The molecular formula is C22H25N3O2. The molecule has 0 aromatic heterocycles. The second kappa shape index (κ2) is 9.09. The summed E-state index contributed by atoms with van der Waals surface area (Å²) >= 11 is 0. The average Bonchev–Trinajstić information content (AvgIpc) is 3.21. The molecule has 0 heterocycles. The van der Waals surface area contributed by atoms with Gasteiger partial charge in [0.25, 0.3) is 0 Å². The van der Waals surface area contributed by atoms with Crippen molar-refractivity contribution >= 4 is 6.03 Å². The average molecular weight is 363 g/mol. The molecule has 1 saturated carbocycles. The van der Waals surface area contributed by atoms with Gasteiger partial charge in [-0.2, -0.15) is 5.26 Å². The summed E-state index contributed by atoms with van der Waals surface area (Å²) in [5.41, 5.74) is 2.64. The zero-order valence-electron chi connectivity index (χ0n) is 15.6. The van der Waals surface area contributed by atoms with Crippen LogP contribution in [0.1, 0.15) is 42.4 Å². The number of nitrogens with zero attached hydrogens (tertiary/aromatic N) is 2. The van der Waals surface area contributed by atoms with Crippen molar-refractivity contribution in [1.29, 1.82) is 5.26 Å². The highest BCUT2D eigenvalue weighted by molar-refractivity contribution is 5.73. The minimum Gasteiger partial charge on any atom is -0.490 e. The number of hydrogen-bond donors (Lipinski definition) is 1. The Morgan fingerprint density at radius 2 is 1.74 bits per heavy atom. The molecule has 2 amide bonds. The monoisotopic (exact) mass is 363 g/mol. The van der Waals surface area contributed by atoms with E-state index in [1.807, 2.05) is 36.4 Å². The van der Waals surface area contributed by atoms with Crippen molar-refractivity contribution in [1.82, 2.24) is 10.2 Å². The van der Waals surface area contributed by atoms with E-state index in [2.05, 4.69) is 11.4 Å². The molecule has 0 radical (unpaired) electrons. The molecule has 3 rings (SSSR count). The lowest BCUT2D eigenvalue weighted by atomic mass is 10.1. The van der Waals surface area contributed by atoms with Crippen molar-refractivity contribution in [3.8, 4) is 11.8 Å². The standard InChI is InChI=1S/C22H25N3O2/c1-25(16-19-8-6-17(14-23)7-9-19)22(26)24-15-18-10-12-21(13-11-18)27-20-4-2-3-5-20/h6-13,20H,2-5,15-16H2,1H3,(H,24,26). The van der Waals surface area contributed by atoms with Crippen LogP contribution in [0.2, 0.25) is 0 Å². The molecule has 0 atom stereocenters. The van der Waals surface area contributed by atoms with Crippen LogP contribution in [0.3, 0.4) is 0 Å². The highest BCUT2D eigenvalue weighted by atomic mass is 16.5. The molecular weight excluding hydrogens is 338 g/mol. The van der Waals surface area contributed by atoms with E-state index in [0.717, 1.165) is 29.7 Å². The highest BCUT2D eigenvalue weighted by Crippen LogP contribution is 2.24. The molecule has 1 N–H and O–H groups in total. The maximum atomic E-state index is 12.3. The van der Waals surface area contributed by atoms with Gasteiger partial charge >= 0.3 is 6.03 Å². The smallest absolute Gasteiger partial charge is 0.317 e. The first-order valence-electron chi connectivity index (χ1n) is 9.37. The third-order valence-electron chi connectivity index (χ3n) is 4.82. The van der Waals surface area contributed by atoms with Gasteiger partial charge in [-0.05, 0) is 61.1 Å². The third-order valence-corrected chi connectivity index (χ3v) is 4.82. The number of hydrogen-bond acceptors (Lipinski definition) is 3. The fraction of sp³-hybridized carbons (Fsp3) is 0.364. The predicted molar refractivity (Wildman–Crippen MR) is 104 cm³/mol. The number of ether oxygens (including phenoxy) is 1. The van der Waals surface area contributed by atoms with Crippen molar-refractivity contribution in [2.75, 3.05) is 7.05 Å². The Morgan fingerprint density at radius 1 is 1.11 bits per heavy atom. The van der Waals surface area contributed by atoms with Crippen molar-refractivity contribution in [3.05, 3.63) is 65.2 Å². The summed E-state index contributed by atoms with van der Waals surface area (Å²) < 4.78 is 5.96. The Hall–Kier alpha value is -3.00. The fourth-order valence-corrected chi connectivity index (χ4v) is 3.23. The lowest BCUT2D eigenvalue weighted by Gasteiger charge is -2.18. The van der Waals surface area contributed by atoms with Gasteiger partial charge < -0.3 is 15.0 Å². The number of nitrogens with one attached hydrogen (secondary N) is 1. The van der Waals surface area contributed by atoms with Gasteiger partial charge in [0, 0.05) is 20.1 Å². The Bertz CT molecular complexity index is 788. The van der Waals surface area contributed by atoms with Crippen molar-refractivity contribution in [3.63, 3.8) is 0 Å². The van der Waals surface area contributed by atoms with Crippen LogP contribution in [0.4, 0.5) is 4.79 Å². The molecule has 1 aliphatic carbocycles. The first-order valence-corrected chi connectivity index (χ1v) is 9.37. The van der Waals surface area contributed by atoms with E-state index in [0.29, 0.717) is 24.8 Å². The van der Waals surface area contributed by atoms with Gasteiger partial charge in [0.05, 0.1) is 17.7 Å². The van der Waals surface area contributed by atoms with Gasteiger partial charge in [-0.3, -0.25) is 0 Å². The summed E-state index contributed by atoms with van der Waals surface area (Å²) in [5, 5.41) is 11.8. The molecule has 2 aromatic rings. The van der Waals surface area contributed by atoms with Crippen molar-refractivity contribution < 1.29 is 9.53 Å². The van der Waals surface area contributed by atoms with Crippen LogP contribution < -0.4 is 10.1 Å². The molecule has 5 nitrogen and oxygen atoms in total. The number of benzene rings is 2. The second-order valence-corrected chi connectivity index (χ2v) is 6.99. The number of rotatable bonds is 6. The summed E-state index contributed by atoms with van der Waals surface area (Å²) in [7, 11) is 1.76. The molecule has 140 valence electrons. The first-order chi connectivity index (χ1) is 13.1. The lowest BCUT2D eigenvalue weighted by molar-refractivity contribution is 0.206. The largest absolute Gasteiger partial charge is 0.490 e. The molecule has 1 fully saturated rings. The summed E-state index contributed by atoms with van der Waals surface area (Å²) in [6.45, 7) is 0.964. The van der Waals surface area contributed by atoms with Crippen LogP contribution in [-0.4, -0.2) is 24.1 Å². The number of carbonyl (C=O) groups is 1. The first kappa shape index (κ1) is 18.8. The van der Waals surface area contributed by atoms with Gasteiger partial charge in [-0.15, -0.1) is 0 Å². The van der Waals surface area contributed by atoms with Crippen LogP contribution in [0.15, 0.2) is 48.5 Å². The number of amides is 2. The zero-order valence-corrected chi connectivity index (χ0v) is 15.6. The zero-order chi connectivity index (χ0) is 19.1. The minimum atomic E-state index is -0.134. The molecule has 5 heteroatoms. The lowest BCUT2D eigenvalue weighted by Crippen LogP contribution is -2.36. The maximum Gasteiger partial charge on any atom is 0.317 e. The summed E-state index contributed by atoms with van der Waals surface area (Å²) in [6, 6.07) is 17.1. The fourth-order valence-electron chi connectivity index (χ4n) is 3.23. The summed E-state index contributed by atoms with van der Waals surface area (Å²) in [4.78, 5) is 13.9. The predicted octanol–water partition coefficient (Wildman–Crippen LogP) is 4.22. The molecule has 2 aromatic carbocycles. The van der Waals surface area contributed by atoms with E-state index in [4.69, 9.17) is 10.00 Å². The van der Waals surface area contributed by atoms with Gasteiger partial charge in [0.1, 0.15) is 5.75 Å². The number of urea groups is 1. The van der Waals surface area contributed by atoms with Gasteiger partial charge in [0.2, 0.25) is 0 Å². The van der Waals surface area contributed by atoms with E-state index >= 15 is 0 Å². The van der Waals surface area contributed by atoms with Gasteiger partial charge in [-0.25, -0.2) is 4.79 Å². The molecule has 0 saturated heterocycles. The summed E-state index contributed by atoms with van der Waals surface area (Å²) in [5.74, 6) is 0.898. The molecule has 0 bridgehead atoms. The Labute approximate surface area is 160 Å². The van der Waals surface area contributed by atoms with Crippen molar-refractivity contribution in [2.24, 2.45) is 0 Å². The van der Waals surface area contributed by atoms with Crippen molar-refractivity contribution in [2.45, 2.75) is 44.9 Å². The maximum absolute atomic E-state index is 12.3. The molecule has 0 aliphatic heterocycles. The normalized spacial score (nSPS) is 13.8. The second-order valence-electron chi connectivity index (χ2n) is 6.99. The van der Waals surface area contributed by atoms with Crippen LogP contribution in [0, 0.1) is 11.3 Å². The molecule has 27 heavy (non-hydrogen) atoms. The summed E-state index contributed by atoms with van der Waals surface area (Å²) in [6.07, 6.45) is 5.15. The highest BCUT2D eigenvalue weighted by Gasteiger charge is 2.16. The Kier molecular flexibility index (Phi) is 6.32. The van der Waals surface area contributed by atoms with Crippen LogP contribution in [0.25, 0.3) is 0 Å². The molecule has 1 aliphatic rings. The van der Waals surface area contributed by atoms with E-state index < -0.39 is 0 Å². The van der Waals surface area contributed by atoms with Crippen LogP contribution >= 0.6 is 0 Å². The van der Waals surface area contributed by atoms with Crippen LogP contribution in [-0.2, 0) is 13.1 Å². The Morgan fingerprint density at radius 3 is 2.37 bits per heavy atom.